The standard InChI is InChI=1S/C20H23FN2O.ClH/c1-14(7-15-3-2-4-19(21)10-15)8-20(24)23-11-16-5-6-17-12-22-13-18(17)9-16;/h2-6,9-10,14,22H,7-8,11-13H2,1H3,(H,23,24);1H. The summed E-state index contributed by atoms with van der Waals surface area (Å²) in [5, 5.41) is 6.30. The maximum absolute atomic E-state index is 13.2. The number of nitrogens with one attached hydrogen (secondary N) is 2. The number of amides is 1. The molecule has 5 heteroatoms. The van der Waals surface area contributed by atoms with E-state index in [1.165, 1.54) is 23.3 Å². The fourth-order valence-corrected chi connectivity index (χ4v) is 3.19. The van der Waals surface area contributed by atoms with Crippen LogP contribution in [0.5, 0.6) is 0 Å². The lowest BCUT2D eigenvalue weighted by Gasteiger charge is -2.12. The second-order valence-electron chi connectivity index (χ2n) is 6.63. The van der Waals surface area contributed by atoms with Gasteiger partial charge in [0.15, 0.2) is 0 Å². The summed E-state index contributed by atoms with van der Waals surface area (Å²) in [6.45, 7) is 4.41. The summed E-state index contributed by atoms with van der Waals surface area (Å²) in [6, 6.07) is 12.9. The number of carbonyl (C=O) groups excluding carboxylic acids is 1. The maximum atomic E-state index is 13.2. The van der Waals surface area contributed by atoms with E-state index in [1.807, 2.05) is 13.0 Å². The molecule has 1 atom stereocenters. The van der Waals surface area contributed by atoms with Crippen LogP contribution in [0.1, 0.15) is 35.6 Å². The topological polar surface area (TPSA) is 41.1 Å². The lowest BCUT2D eigenvalue weighted by molar-refractivity contribution is -0.122. The van der Waals surface area contributed by atoms with Gasteiger partial charge < -0.3 is 10.6 Å². The summed E-state index contributed by atoms with van der Waals surface area (Å²) in [5.74, 6) is -0.0104. The number of halogens is 2. The van der Waals surface area contributed by atoms with Crippen LogP contribution in [0.2, 0.25) is 0 Å². The summed E-state index contributed by atoms with van der Waals surface area (Å²) in [4.78, 5) is 12.1. The second-order valence-corrected chi connectivity index (χ2v) is 6.63. The molecule has 2 aromatic rings. The van der Waals surface area contributed by atoms with Gasteiger partial charge in [0.05, 0.1) is 0 Å². The number of hydrogen-bond donors (Lipinski definition) is 2. The number of fused-ring (bicyclic) bond motifs is 1. The third-order valence-corrected chi connectivity index (χ3v) is 4.40. The molecule has 25 heavy (non-hydrogen) atoms. The lowest BCUT2D eigenvalue weighted by atomic mass is 9.97. The average molecular weight is 363 g/mol. The van der Waals surface area contributed by atoms with Gasteiger partial charge in [-0.3, -0.25) is 4.79 Å². The number of rotatable bonds is 6. The maximum Gasteiger partial charge on any atom is 0.220 e. The van der Waals surface area contributed by atoms with Crippen LogP contribution in [0.4, 0.5) is 4.39 Å². The molecular formula is C20H24ClFN2O. The van der Waals surface area contributed by atoms with E-state index < -0.39 is 0 Å². The van der Waals surface area contributed by atoms with Gasteiger partial charge >= 0.3 is 0 Å². The van der Waals surface area contributed by atoms with Crippen LogP contribution in [0.15, 0.2) is 42.5 Å². The second kappa shape index (κ2) is 8.97. The Kier molecular flexibility index (Phi) is 6.97. The number of benzene rings is 2. The monoisotopic (exact) mass is 362 g/mol. The first kappa shape index (κ1) is 19.4. The van der Waals surface area contributed by atoms with Gasteiger partial charge in [-0.15, -0.1) is 12.4 Å². The van der Waals surface area contributed by atoms with E-state index >= 15 is 0 Å². The normalized spacial score (nSPS) is 13.7. The lowest BCUT2D eigenvalue weighted by Crippen LogP contribution is -2.25. The van der Waals surface area contributed by atoms with Crippen LogP contribution < -0.4 is 10.6 Å². The van der Waals surface area contributed by atoms with E-state index in [0.717, 1.165) is 24.2 Å². The van der Waals surface area contributed by atoms with Crippen molar-refractivity contribution >= 4 is 18.3 Å². The van der Waals surface area contributed by atoms with Crippen LogP contribution in [0, 0.1) is 11.7 Å². The van der Waals surface area contributed by atoms with Gasteiger partial charge in [0.1, 0.15) is 5.82 Å². The van der Waals surface area contributed by atoms with Crippen molar-refractivity contribution in [2.75, 3.05) is 0 Å². The van der Waals surface area contributed by atoms with E-state index in [-0.39, 0.29) is 30.0 Å². The van der Waals surface area contributed by atoms with Crippen LogP contribution in [-0.2, 0) is 30.8 Å². The minimum absolute atomic E-state index is 0. The van der Waals surface area contributed by atoms with Gasteiger partial charge in [-0.2, -0.15) is 0 Å². The Morgan fingerprint density at radius 3 is 2.76 bits per heavy atom. The Morgan fingerprint density at radius 1 is 1.16 bits per heavy atom. The van der Waals surface area contributed by atoms with Gasteiger partial charge in [-0.05, 0) is 46.7 Å². The summed E-state index contributed by atoms with van der Waals surface area (Å²) in [5.41, 5.74) is 4.72. The van der Waals surface area contributed by atoms with Crippen molar-refractivity contribution < 1.29 is 9.18 Å². The average Bonchev–Trinajstić information content (AvgIpc) is 3.00. The number of carbonyl (C=O) groups is 1. The van der Waals surface area contributed by atoms with Crippen LogP contribution in [-0.4, -0.2) is 5.91 Å². The molecule has 3 nitrogen and oxygen atoms in total. The molecule has 134 valence electrons. The van der Waals surface area contributed by atoms with E-state index in [9.17, 15) is 9.18 Å². The van der Waals surface area contributed by atoms with Crippen molar-refractivity contribution in [2.45, 2.75) is 39.4 Å². The fourth-order valence-electron chi connectivity index (χ4n) is 3.19. The zero-order valence-electron chi connectivity index (χ0n) is 14.3. The molecule has 0 fully saturated rings. The highest BCUT2D eigenvalue weighted by Gasteiger charge is 2.12. The highest BCUT2D eigenvalue weighted by molar-refractivity contribution is 5.85. The predicted molar refractivity (Wildman–Crippen MR) is 100.0 cm³/mol. The molecule has 0 radical (unpaired) electrons. The predicted octanol–water partition coefficient (Wildman–Crippen LogP) is 3.74. The Balaban J connectivity index is 0.00000225. The molecule has 1 amide bonds. The van der Waals surface area contributed by atoms with Crippen molar-refractivity contribution in [1.29, 1.82) is 0 Å². The van der Waals surface area contributed by atoms with Gasteiger partial charge in [0.25, 0.3) is 0 Å². The van der Waals surface area contributed by atoms with E-state index in [4.69, 9.17) is 0 Å². The van der Waals surface area contributed by atoms with E-state index in [1.54, 1.807) is 6.07 Å². The molecule has 1 aliphatic heterocycles. The fraction of sp³-hybridized carbons (Fsp3) is 0.350. The minimum Gasteiger partial charge on any atom is -0.352 e. The van der Waals surface area contributed by atoms with Crippen molar-refractivity contribution in [3.63, 3.8) is 0 Å². The molecule has 0 bridgehead atoms. The summed E-state index contributed by atoms with van der Waals surface area (Å²) >= 11 is 0. The Bertz CT molecular complexity index is 735. The van der Waals surface area contributed by atoms with Crippen molar-refractivity contribution in [2.24, 2.45) is 5.92 Å². The van der Waals surface area contributed by atoms with Crippen LogP contribution >= 0.6 is 12.4 Å². The minimum atomic E-state index is -0.227. The molecule has 0 aromatic heterocycles. The summed E-state index contributed by atoms with van der Waals surface area (Å²) < 4.78 is 13.2. The van der Waals surface area contributed by atoms with E-state index in [0.29, 0.717) is 19.4 Å². The summed E-state index contributed by atoms with van der Waals surface area (Å²) in [6.07, 6.45) is 1.15. The molecule has 0 aliphatic carbocycles. The Morgan fingerprint density at radius 2 is 1.96 bits per heavy atom. The molecule has 0 spiro atoms. The van der Waals surface area contributed by atoms with Crippen molar-refractivity contribution in [3.05, 3.63) is 70.5 Å². The Labute approximate surface area is 154 Å². The van der Waals surface area contributed by atoms with Crippen molar-refractivity contribution in [3.8, 4) is 0 Å². The quantitative estimate of drug-likeness (QED) is 0.822. The van der Waals surface area contributed by atoms with Gasteiger partial charge in [-0.25, -0.2) is 4.39 Å². The van der Waals surface area contributed by atoms with Crippen LogP contribution in [0.3, 0.4) is 0 Å². The molecule has 0 saturated carbocycles. The zero-order chi connectivity index (χ0) is 16.9. The molecule has 1 unspecified atom stereocenters. The van der Waals surface area contributed by atoms with Gasteiger partial charge in [0, 0.05) is 26.1 Å². The van der Waals surface area contributed by atoms with Gasteiger partial charge in [0.2, 0.25) is 5.91 Å². The number of hydrogen-bond acceptors (Lipinski definition) is 2. The first-order chi connectivity index (χ1) is 11.6. The first-order valence-electron chi connectivity index (χ1n) is 8.42. The Hall–Kier alpha value is -1.91. The smallest absolute Gasteiger partial charge is 0.220 e. The molecule has 1 aliphatic rings. The molecule has 2 aromatic carbocycles. The molecule has 2 N–H and O–H groups in total. The van der Waals surface area contributed by atoms with Crippen LogP contribution in [0.25, 0.3) is 0 Å². The highest BCUT2D eigenvalue weighted by atomic mass is 35.5. The molecular weight excluding hydrogens is 339 g/mol. The third kappa shape index (κ3) is 5.55. The van der Waals surface area contributed by atoms with Gasteiger partial charge in [-0.1, -0.05) is 37.3 Å². The third-order valence-electron chi connectivity index (χ3n) is 4.40. The SMILES string of the molecule is CC(CC(=O)NCc1ccc2c(c1)CNC2)Cc1cccc(F)c1.Cl. The summed E-state index contributed by atoms with van der Waals surface area (Å²) in [7, 11) is 0. The van der Waals surface area contributed by atoms with E-state index in [2.05, 4.69) is 28.8 Å². The molecule has 3 rings (SSSR count). The zero-order valence-corrected chi connectivity index (χ0v) is 15.2. The first-order valence-corrected chi connectivity index (χ1v) is 8.42. The molecule has 0 saturated heterocycles. The molecule has 1 heterocycles. The van der Waals surface area contributed by atoms with Crippen molar-refractivity contribution in [1.82, 2.24) is 10.6 Å². The largest absolute Gasteiger partial charge is 0.352 e. The highest BCUT2D eigenvalue weighted by Crippen LogP contribution is 2.17.